The molecule has 0 aromatic heterocycles. The first-order chi connectivity index (χ1) is 14.8. The minimum Gasteiger partial charge on any atom is -0.487 e. The predicted molar refractivity (Wildman–Crippen MR) is 118 cm³/mol. The number of nitrogens with one attached hydrogen (secondary N) is 1. The second-order valence-electron chi connectivity index (χ2n) is 7.87. The lowest BCUT2D eigenvalue weighted by Crippen LogP contribution is -2.42. The highest BCUT2D eigenvalue weighted by Gasteiger charge is 2.27. The molecule has 1 fully saturated rings. The predicted octanol–water partition coefficient (Wildman–Crippen LogP) is 2.24. The van der Waals surface area contributed by atoms with Crippen molar-refractivity contribution in [3.05, 3.63) is 48.0 Å². The Labute approximate surface area is 182 Å². The van der Waals surface area contributed by atoms with Crippen molar-refractivity contribution in [3.8, 4) is 5.75 Å². The molecule has 1 saturated heterocycles. The van der Waals surface area contributed by atoms with Gasteiger partial charge >= 0.3 is 0 Å². The van der Waals surface area contributed by atoms with Crippen molar-refractivity contribution in [3.63, 3.8) is 0 Å². The molecule has 2 heterocycles. The Hall–Kier alpha value is -2.62. The molecule has 31 heavy (non-hydrogen) atoms. The minimum atomic E-state index is -3.62. The van der Waals surface area contributed by atoms with Crippen molar-refractivity contribution >= 4 is 27.3 Å². The van der Waals surface area contributed by atoms with Crippen molar-refractivity contribution in [2.45, 2.75) is 24.8 Å². The zero-order chi connectivity index (χ0) is 22.0. The van der Waals surface area contributed by atoms with Crippen molar-refractivity contribution in [1.29, 1.82) is 0 Å². The van der Waals surface area contributed by atoms with Gasteiger partial charge in [0.2, 0.25) is 15.9 Å². The van der Waals surface area contributed by atoms with Crippen LogP contribution in [0, 0.1) is 6.92 Å². The first-order valence-electron chi connectivity index (χ1n) is 10.3. The van der Waals surface area contributed by atoms with Gasteiger partial charge in [-0.05, 0) is 49.7 Å². The summed E-state index contributed by atoms with van der Waals surface area (Å²) in [6.45, 7) is 6.12. The molecule has 0 saturated carbocycles. The average Bonchev–Trinajstić information content (AvgIpc) is 2.74. The summed E-state index contributed by atoms with van der Waals surface area (Å²) < 4.78 is 38.3. The van der Waals surface area contributed by atoms with Gasteiger partial charge in [-0.2, -0.15) is 4.31 Å². The molecule has 2 aromatic carbocycles. The van der Waals surface area contributed by atoms with Gasteiger partial charge in [-0.3, -0.25) is 4.79 Å². The highest BCUT2D eigenvalue weighted by atomic mass is 32.2. The maximum Gasteiger partial charge on any atom is 0.243 e. The van der Waals surface area contributed by atoms with Crippen LogP contribution in [-0.4, -0.2) is 64.1 Å². The normalized spacial score (nSPS) is 19.4. The molecule has 2 aromatic rings. The summed E-state index contributed by atoms with van der Waals surface area (Å²) in [6.07, 6.45) is -0.0379. The molecule has 4 rings (SSSR count). The van der Waals surface area contributed by atoms with Crippen molar-refractivity contribution in [2.24, 2.45) is 0 Å². The van der Waals surface area contributed by atoms with E-state index in [4.69, 9.17) is 9.47 Å². The Morgan fingerprint density at radius 2 is 1.94 bits per heavy atom. The van der Waals surface area contributed by atoms with Crippen LogP contribution in [0.4, 0.5) is 11.4 Å². The highest BCUT2D eigenvalue weighted by Crippen LogP contribution is 2.34. The maximum absolute atomic E-state index is 12.9. The number of amides is 1. The van der Waals surface area contributed by atoms with E-state index in [2.05, 4.69) is 5.32 Å². The number of morpholine rings is 1. The zero-order valence-corrected chi connectivity index (χ0v) is 18.5. The average molecular weight is 446 g/mol. The number of hydrogen-bond acceptors (Lipinski definition) is 6. The van der Waals surface area contributed by atoms with Crippen LogP contribution < -0.4 is 15.0 Å². The molecule has 2 aliphatic heterocycles. The lowest BCUT2D eigenvalue weighted by molar-refractivity contribution is -0.115. The number of carbonyl (C=O) groups is 1. The van der Waals surface area contributed by atoms with E-state index in [9.17, 15) is 13.2 Å². The molecule has 2 aliphatic rings. The number of aryl methyl sites for hydroxylation is 1. The van der Waals surface area contributed by atoms with E-state index in [1.54, 1.807) is 18.2 Å². The van der Waals surface area contributed by atoms with Gasteiger partial charge in [0.25, 0.3) is 0 Å². The van der Waals surface area contributed by atoms with Crippen LogP contribution >= 0.6 is 0 Å². The van der Waals surface area contributed by atoms with Crippen LogP contribution in [0.1, 0.15) is 12.5 Å². The third-order valence-corrected chi connectivity index (χ3v) is 7.22. The molecular formula is C22H27N3O5S. The number of anilines is 2. The Morgan fingerprint density at radius 1 is 1.16 bits per heavy atom. The van der Waals surface area contributed by atoms with E-state index in [1.165, 1.54) is 10.4 Å². The molecule has 0 radical (unpaired) electrons. The molecule has 166 valence electrons. The fourth-order valence-electron chi connectivity index (χ4n) is 3.83. The summed E-state index contributed by atoms with van der Waals surface area (Å²) in [5.41, 5.74) is 2.42. The third-order valence-electron chi connectivity index (χ3n) is 5.32. The Kier molecular flexibility index (Phi) is 6.17. The van der Waals surface area contributed by atoms with E-state index in [0.717, 1.165) is 17.0 Å². The Balaban J connectivity index is 1.47. The van der Waals surface area contributed by atoms with Gasteiger partial charge in [0.1, 0.15) is 11.9 Å². The van der Waals surface area contributed by atoms with E-state index < -0.39 is 10.0 Å². The SMILES string of the molecule is Cc1ccc2c(c1)O[C@@H](C)CN2CC(=O)Nc1cccc(S(=O)(=O)N2CCOCC2)c1. The number of hydrogen-bond donors (Lipinski definition) is 1. The van der Waals surface area contributed by atoms with E-state index in [-0.39, 0.29) is 23.5 Å². The smallest absolute Gasteiger partial charge is 0.243 e. The molecule has 1 atom stereocenters. The van der Waals surface area contributed by atoms with Gasteiger partial charge in [0, 0.05) is 18.8 Å². The molecule has 0 bridgehead atoms. The highest BCUT2D eigenvalue weighted by molar-refractivity contribution is 7.89. The van der Waals surface area contributed by atoms with Crippen molar-refractivity contribution in [1.82, 2.24) is 4.31 Å². The first-order valence-corrected chi connectivity index (χ1v) is 11.8. The number of benzene rings is 2. The molecule has 1 amide bonds. The standard InChI is InChI=1S/C22H27N3O5S/c1-16-6-7-20-21(12-16)30-17(2)14-24(20)15-22(26)23-18-4-3-5-19(13-18)31(27,28)25-8-10-29-11-9-25/h3-7,12-13,17H,8-11,14-15H2,1-2H3,(H,23,26)/t17-/m0/s1. The number of sulfonamides is 1. The van der Waals surface area contributed by atoms with Crippen LogP contribution in [-0.2, 0) is 19.6 Å². The largest absolute Gasteiger partial charge is 0.487 e. The lowest BCUT2D eigenvalue weighted by Gasteiger charge is -2.34. The molecule has 9 heteroatoms. The monoisotopic (exact) mass is 445 g/mol. The second-order valence-corrected chi connectivity index (χ2v) is 9.81. The summed E-state index contributed by atoms with van der Waals surface area (Å²) in [6, 6.07) is 12.3. The molecule has 8 nitrogen and oxygen atoms in total. The topological polar surface area (TPSA) is 88.2 Å². The maximum atomic E-state index is 12.9. The minimum absolute atomic E-state index is 0.0379. The summed E-state index contributed by atoms with van der Waals surface area (Å²) in [5, 5.41) is 2.83. The molecule has 0 spiro atoms. The molecular weight excluding hydrogens is 418 g/mol. The van der Waals surface area contributed by atoms with Gasteiger partial charge in [0.15, 0.2) is 0 Å². The molecule has 0 unspecified atom stereocenters. The second kappa shape index (κ2) is 8.86. The van der Waals surface area contributed by atoms with Crippen molar-refractivity contribution < 1.29 is 22.7 Å². The summed E-state index contributed by atoms with van der Waals surface area (Å²) in [4.78, 5) is 14.9. The van der Waals surface area contributed by atoms with E-state index >= 15 is 0 Å². The summed E-state index contributed by atoms with van der Waals surface area (Å²) >= 11 is 0. The fourth-order valence-corrected chi connectivity index (χ4v) is 5.29. The van der Waals surface area contributed by atoms with Gasteiger partial charge in [-0.1, -0.05) is 12.1 Å². The van der Waals surface area contributed by atoms with E-state index in [1.807, 2.05) is 36.9 Å². The Morgan fingerprint density at radius 3 is 2.71 bits per heavy atom. The van der Waals surface area contributed by atoms with Gasteiger partial charge in [0.05, 0.1) is 36.9 Å². The number of rotatable bonds is 5. The van der Waals surface area contributed by atoms with Crippen LogP contribution in [0.25, 0.3) is 0 Å². The number of ether oxygens (including phenoxy) is 2. The number of carbonyl (C=O) groups excluding carboxylic acids is 1. The summed E-state index contributed by atoms with van der Waals surface area (Å²) in [5.74, 6) is 0.548. The lowest BCUT2D eigenvalue weighted by atomic mass is 10.1. The van der Waals surface area contributed by atoms with Crippen LogP contribution in [0.3, 0.4) is 0 Å². The zero-order valence-electron chi connectivity index (χ0n) is 17.7. The van der Waals surface area contributed by atoms with Crippen LogP contribution in [0.5, 0.6) is 5.75 Å². The van der Waals surface area contributed by atoms with E-state index in [0.29, 0.717) is 38.5 Å². The third kappa shape index (κ3) is 4.84. The number of fused-ring (bicyclic) bond motifs is 1. The van der Waals surface area contributed by atoms with Crippen molar-refractivity contribution in [2.75, 3.05) is 49.6 Å². The quantitative estimate of drug-likeness (QED) is 0.760. The fraction of sp³-hybridized carbons (Fsp3) is 0.409. The molecule has 0 aliphatic carbocycles. The van der Waals surface area contributed by atoms with Crippen LogP contribution in [0.2, 0.25) is 0 Å². The van der Waals surface area contributed by atoms with Crippen LogP contribution in [0.15, 0.2) is 47.4 Å². The van der Waals surface area contributed by atoms with Gasteiger partial charge in [-0.25, -0.2) is 8.42 Å². The Bertz CT molecular complexity index is 1070. The first kappa shape index (κ1) is 21.6. The number of nitrogens with zero attached hydrogens (tertiary/aromatic N) is 2. The molecule has 1 N–H and O–H groups in total. The van der Waals surface area contributed by atoms with Gasteiger partial charge in [-0.15, -0.1) is 0 Å². The summed E-state index contributed by atoms with van der Waals surface area (Å²) in [7, 11) is -3.62. The van der Waals surface area contributed by atoms with Gasteiger partial charge < -0.3 is 19.7 Å².